The van der Waals surface area contributed by atoms with Crippen LogP contribution < -0.4 is 10.1 Å². The number of amides is 2. The molecule has 1 aliphatic rings. The molecule has 2 aromatic carbocycles. The van der Waals surface area contributed by atoms with Gasteiger partial charge in [-0.05, 0) is 61.1 Å². The highest BCUT2D eigenvalue weighted by Gasteiger charge is 2.21. The van der Waals surface area contributed by atoms with E-state index < -0.39 is 0 Å². The van der Waals surface area contributed by atoms with Crippen molar-refractivity contribution in [2.45, 2.75) is 38.6 Å². The number of hydrogen-bond donors (Lipinski definition) is 1. The molecule has 1 aliphatic heterocycles. The number of methoxy groups -OCH3 is 1. The lowest BCUT2D eigenvalue weighted by Crippen LogP contribution is -2.35. The molecule has 1 fully saturated rings. The van der Waals surface area contributed by atoms with Crippen LogP contribution in [-0.2, 0) is 17.8 Å². The van der Waals surface area contributed by atoms with Crippen molar-refractivity contribution < 1.29 is 18.7 Å². The molecule has 4 rings (SSSR count). The molecular weight excluding hydrogens is 418 g/mol. The quantitative estimate of drug-likeness (QED) is 0.559. The topological polar surface area (TPSA) is 84.7 Å². The molecule has 0 saturated carbocycles. The molecule has 7 heteroatoms. The Balaban J connectivity index is 1.26. The predicted molar refractivity (Wildman–Crippen MR) is 125 cm³/mol. The summed E-state index contributed by atoms with van der Waals surface area (Å²) in [6.07, 6.45) is 5.78. The minimum atomic E-state index is -0.0707. The third-order valence-corrected chi connectivity index (χ3v) is 5.86. The van der Waals surface area contributed by atoms with Gasteiger partial charge in [-0.1, -0.05) is 24.3 Å². The Kier molecular flexibility index (Phi) is 7.40. The first-order valence-corrected chi connectivity index (χ1v) is 11.4. The summed E-state index contributed by atoms with van der Waals surface area (Å²) < 4.78 is 10.7. The standard InChI is InChI=1S/C26H29N3O4/c1-32-22-12-7-19(8-13-22)9-14-24(30)27-17-20-5-10-21(11-6-20)25-28-23(18-33-25)26(31)29-15-3-2-4-16-29/h5-8,10-13,18H,2-4,9,14-17H2,1H3,(H,27,30). The monoisotopic (exact) mass is 447 g/mol. The van der Waals surface area contributed by atoms with Gasteiger partial charge in [0.15, 0.2) is 5.69 Å². The number of aromatic nitrogens is 1. The van der Waals surface area contributed by atoms with E-state index in [1.54, 1.807) is 7.11 Å². The maximum absolute atomic E-state index is 12.6. The summed E-state index contributed by atoms with van der Waals surface area (Å²) in [7, 11) is 1.63. The molecule has 0 radical (unpaired) electrons. The molecule has 0 bridgehead atoms. The van der Waals surface area contributed by atoms with E-state index in [1.165, 1.54) is 12.7 Å². The van der Waals surface area contributed by atoms with E-state index in [2.05, 4.69) is 10.3 Å². The molecule has 33 heavy (non-hydrogen) atoms. The molecule has 0 unspecified atom stereocenters. The van der Waals surface area contributed by atoms with Gasteiger partial charge in [-0.2, -0.15) is 0 Å². The first-order chi connectivity index (χ1) is 16.1. The lowest BCUT2D eigenvalue weighted by atomic mass is 10.1. The minimum Gasteiger partial charge on any atom is -0.497 e. The summed E-state index contributed by atoms with van der Waals surface area (Å²) in [6, 6.07) is 15.4. The number of benzene rings is 2. The number of nitrogens with zero attached hydrogens (tertiary/aromatic N) is 2. The maximum Gasteiger partial charge on any atom is 0.275 e. The summed E-state index contributed by atoms with van der Waals surface area (Å²) in [5.74, 6) is 1.16. The largest absolute Gasteiger partial charge is 0.497 e. The van der Waals surface area contributed by atoms with Gasteiger partial charge in [0.1, 0.15) is 12.0 Å². The number of carbonyl (C=O) groups is 2. The van der Waals surface area contributed by atoms with Gasteiger partial charge >= 0.3 is 0 Å². The fourth-order valence-corrected chi connectivity index (χ4v) is 3.87. The van der Waals surface area contributed by atoms with Crippen molar-refractivity contribution in [2.75, 3.05) is 20.2 Å². The molecule has 0 aliphatic carbocycles. The van der Waals surface area contributed by atoms with Crippen LogP contribution >= 0.6 is 0 Å². The summed E-state index contributed by atoms with van der Waals surface area (Å²) in [5, 5.41) is 2.95. The van der Waals surface area contributed by atoms with Crippen LogP contribution in [0, 0.1) is 0 Å². The minimum absolute atomic E-state index is 0.00321. The fraction of sp³-hybridized carbons (Fsp3) is 0.346. The number of nitrogens with one attached hydrogen (secondary N) is 1. The van der Waals surface area contributed by atoms with Crippen molar-refractivity contribution in [3.63, 3.8) is 0 Å². The zero-order valence-electron chi connectivity index (χ0n) is 18.9. The highest BCUT2D eigenvalue weighted by molar-refractivity contribution is 5.92. The van der Waals surface area contributed by atoms with Gasteiger partial charge in [0.25, 0.3) is 5.91 Å². The van der Waals surface area contributed by atoms with Gasteiger partial charge in [0, 0.05) is 31.6 Å². The Morgan fingerprint density at radius 1 is 1.00 bits per heavy atom. The normalized spacial score (nSPS) is 13.5. The number of carbonyl (C=O) groups excluding carboxylic acids is 2. The highest BCUT2D eigenvalue weighted by Crippen LogP contribution is 2.21. The van der Waals surface area contributed by atoms with Gasteiger partial charge in [0.05, 0.1) is 7.11 Å². The average molecular weight is 448 g/mol. The van der Waals surface area contributed by atoms with Gasteiger partial charge in [-0.25, -0.2) is 4.98 Å². The highest BCUT2D eigenvalue weighted by atomic mass is 16.5. The molecule has 1 N–H and O–H groups in total. The van der Waals surface area contributed by atoms with Crippen LogP contribution in [0.4, 0.5) is 0 Å². The van der Waals surface area contributed by atoms with Crippen molar-refractivity contribution in [1.29, 1.82) is 0 Å². The van der Waals surface area contributed by atoms with Gasteiger partial charge in [-0.15, -0.1) is 0 Å². The summed E-state index contributed by atoms with van der Waals surface area (Å²) >= 11 is 0. The molecule has 1 aromatic heterocycles. The summed E-state index contributed by atoms with van der Waals surface area (Å²) in [4.78, 5) is 31.0. The lowest BCUT2D eigenvalue weighted by Gasteiger charge is -2.25. The molecular formula is C26H29N3O4. The Morgan fingerprint density at radius 2 is 1.70 bits per heavy atom. The lowest BCUT2D eigenvalue weighted by molar-refractivity contribution is -0.121. The molecule has 1 saturated heterocycles. The van der Waals surface area contributed by atoms with Crippen LogP contribution in [-0.4, -0.2) is 41.9 Å². The number of likely N-dealkylation sites (tertiary alicyclic amines) is 1. The second kappa shape index (κ2) is 10.8. The van der Waals surface area contributed by atoms with E-state index in [-0.39, 0.29) is 11.8 Å². The number of oxazole rings is 1. The zero-order valence-corrected chi connectivity index (χ0v) is 18.9. The van der Waals surface area contributed by atoms with Gasteiger partial charge in [-0.3, -0.25) is 9.59 Å². The summed E-state index contributed by atoms with van der Waals surface area (Å²) in [6.45, 7) is 2.01. The average Bonchev–Trinajstić information content (AvgIpc) is 3.37. The number of ether oxygens (including phenoxy) is 1. The predicted octanol–water partition coefficient (Wildman–Crippen LogP) is 4.23. The van der Waals surface area contributed by atoms with Gasteiger partial charge < -0.3 is 19.4 Å². The van der Waals surface area contributed by atoms with Crippen molar-refractivity contribution in [1.82, 2.24) is 15.2 Å². The van der Waals surface area contributed by atoms with Crippen LogP contribution in [0.1, 0.15) is 47.3 Å². The van der Waals surface area contributed by atoms with Crippen LogP contribution in [0.15, 0.2) is 59.2 Å². The molecule has 0 atom stereocenters. The van der Waals surface area contributed by atoms with E-state index in [4.69, 9.17) is 9.15 Å². The third-order valence-electron chi connectivity index (χ3n) is 5.86. The second-order valence-electron chi connectivity index (χ2n) is 8.21. The number of aryl methyl sites for hydroxylation is 1. The molecule has 3 aromatic rings. The van der Waals surface area contributed by atoms with Crippen molar-refractivity contribution in [3.8, 4) is 17.2 Å². The SMILES string of the molecule is COc1ccc(CCC(=O)NCc2ccc(-c3nc(C(=O)N4CCCCC4)co3)cc2)cc1. The molecule has 2 amide bonds. The summed E-state index contributed by atoms with van der Waals surface area (Å²) in [5.41, 5.74) is 3.22. The van der Waals surface area contributed by atoms with E-state index in [1.807, 2.05) is 53.4 Å². The van der Waals surface area contributed by atoms with E-state index in [0.29, 0.717) is 31.0 Å². The Labute approximate surface area is 193 Å². The smallest absolute Gasteiger partial charge is 0.275 e. The van der Waals surface area contributed by atoms with Crippen LogP contribution in [0.2, 0.25) is 0 Å². The molecule has 2 heterocycles. The van der Waals surface area contributed by atoms with Crippen molar-refractivity contribution in [2.24, 2.45) is 0 Å². The van der Waals surface area contributed by atoms with Crippen LogP contribution in [0.5, 0.6) is 5.75 Å². The Morgan fingerprint density at radius 3 is 2.39 bits per heavy atom. The maximum atomic E-state index is 12.6. The van der Waals surface area contributed by atoms with Gasteiger partial charge in [0.2, 0.25) is 11.8 Å². The van der Waals surface area contributed by atoms with E-state index in [0.717, 1.165) is 48.4 Å². The third kappa shape index (κ3) is 6.00. The Bertz CT molecular complexity index is 1070. The second-order valence-corrected chi connectivity index (χ2v) is 8.21. The number of hydrogen-bond acceptors (Lipinski definition) is 5. The molecule has 172 valence electrons. The number of rotatable bonds is 8. The van der Waals surface area contributed by atoms with Crippen molar-refractivity contribution in [3.05, 3.63) is 71.6 Å². The zero-order chi connectivity index (χ0) is 23.0. The number of piperidine rings is 1. The first kappa shape index (κ1) is 22.6. The Hall–Kier alpha value is -3.61. The fourth-order valence-electron chi connectivity index (χ4n) is 3.87. The molecule has 0 spiro atoms. The van der Waals surface area contributed by atoms with Crippen LogP contribution in [0.25, 0.3) is 11.5 Å². The van der Waals surface area contributed by atoms with Crippen LogP contribution in [0.3, 0.4) is 0 Å². The van der Waals surface area contributed by atoms with E-state index in [9.17, 15) is 9.59 Å². The first-order valence-electron chi connectivity index (χ1n) is 11.4. The van der Waals surface area contributed by atoms with Crippen molar-refractivity contribution >= 4 is 11.8 Å². The van der Waals surface area contributed by atoms with E-state index >= 15 is 0 Å². The molecule has 7 nitrogen and oxygen atoms in total.